The molecule has 0 saturated heterocycles. The van der Waals surface area contributed by atoms with E-state index in [4.69, 9.17) is 23.1 Å². The summed E-state index contributed by atoms with van der Waals surface area (Å²) >= 11 is 5.02. The highest BCUT2D eigenvalue weighted by Crippen LogP contribution is 2.32. The fourth-order valence-electron chi connectivity index (χ4n) is 2.40. The SMILES string of the molecule is NC(=S)c1cc(F)ccc1N(CCCO)C1CCC1. The Morgan fingerprint density at radius 1 is 1.47 bits per heavy atom. The number of thiocarbonyl (C=S) groups is 1. The van der Waals surface area contributed by atoms with Crippen LogP contribution in [-0.4, -0.2) is 29.3 Å². The van der Waals surface area contributed by atoms with E-state index in [0.29, 0.717) is 18.0 Å². The first-order valence-electron chi connectivity index (χ1n) is 6.60. The van der Waals surface area contributed by atoms with Gasteiger partial charge in [-0.25, -0.2) is 4.39 Å². The largest absolute Gasteiger partial charge is 0.396 e. The lowest BCUT2D eigenvalue weighted by Crippen LogP contribution is -2.42. The normalized spacial score (nSPS) is 15.1. The van der Waals surface area contributed by atoms with Gasteiger partial charge in [-0.15, -0.1) is 0 Å². The maximum atomic E-state index is 13.3. The number of rotatable bonds is 6. The van der Waals surface area contributed by atoms with E-state index in [2.05, 4.69) is 4.90 Å². The van der Waals surface area contributed by atoms with Gasteiger partial charge in [0.1, 0.15) is 10.8 Å². The van der Waals surface area contributed by atoms with Crippen LogP contribution in [0, 0.1) is 5.82 Å². The summed E-state index contributed by atoms with van der Waals surface area (Å²) in [5.41, 5.74) is 7.16. The van der Waals surface area contributed by atoms with Crippen LogP contribution >= 0.6 is 12.2 Å². The highest BCUT2D eigenvalue weighted by Gasteiger charge is 2.26. The van der Waals surface area contributed by atoms with Crippen molar-refractivity contribution in [2.75, 3.05) is 18.1 Å². The van der Waals surface area contributed by atoms with Crippen LogP contribution in [0.15, 0.2) is 18.2 Å². The highest BCUT2D eigenvalue weighted by atomic mass is 32.1. The van der Waals surface area contributed by atoms with E-state index < -0.39 is 0 Å². The molecular formula is C14H19FN2OS. The molecule has 0 radical (unpaired) electrons. The highest BCUT2D eigenvalue weighted by molar-refractivity contribution is 7.80. The molecule has 0 spiro atoms. The second kappa shape index (κ2) is 6.30. The van der Waals surface area contributed by atoms with Crippen molar-refractivity contribution in [2.24, 2.45) is 5.73 Å². The minimum Gasteiger partial charge on any atom is -0.396 e. The van der Waals surface area contributed by atoms with Crippen molar-refractivity contribution in [3.8, 4) is 0 Å². The number of hydrogen-bond acceptors (Lipinski definition) is 3. The van der Waals surface area contributed by atoms with Crippen LogP contribution < -0.4 is 10.6 Å². The van der Waals surface area contributed by atoms with Crippen LogP contribution in [0.25, 0.3) is 0 Å². The van der Waals surface area contributed by atoms with Crippen molar-refractivity contribution in [2.45, 2.75) is 31.7 Å². The first kappa shape index (κ1) is 14.2. The predicted molar refractivity (Wildman–Crippen MR) is 79.0 cm³/mol. The topological polar surface area (TPSA) is 49.5 Å². The summed E-state index contributed by atoms with van der Waals surface area (Å²) in [6.07, 6.45) is 4.15. The Morgan fingerprint density at radius 2 is 2.21 bits per heavy atom. The van der Waals surface area contributed by atoms with Gasteiger partial charge in [0.05, 0.1) is 0 Å². The molecule has 1 saturated carbocycles. The molecule has 0 bridgehead atoms. The minimum absolute atomic E-state index is 0.146. The third-order valence-electron chi connectivity index (χ3n) is 3.61. The Labute approximate surface area is 118 Å². The van der Waals surface area contributed by atoms with E-state index in [1.54, 1.807) is 6.07 Å². The van der Waals surface area contributed by atoms with Gasteiger partial charge in [0.2, 0.25) is 0 Å². The molecule has 2 rings (SSSR count). The van der Waals surface area contributed by atoms with Gasteiger partial charge < -0.3 is 15.7 Å². The van der Waals surface area contributed by atoms with Crippen molar-refractivity contribution in [3.63, 3.8) is 0 Å². The summed E-state index contributed by atoms with van der Waals surface area (Å²) in [7, 11) is 0. The maximum absolute atomic E-state index is 13.3. The zero-order chi connectivity index (χ0) is 13.8. The average molecular weight is 282 g/mol. The number of benzene rings is 1. The van der Waals surface area contributed by atoms with Crippen molar-refractivity contribution in [1.29, 1.82) is 0 Å². The number of halogens is 1. The van der Waals surface area contributed by atoms with Gasteiger partial charge in [-0.3, -0.25) is 0 Å². The Morgan fingerprint density at radius 3 is 2.74 bits per heavy atom. The Hall–Kier alpha value is -1.20. The molecule has 0 aromatic heterocycles. The number of anilines is 1. The van der Waals surface area contributed by atoms with Crippen LogP contribution in [0.5, 0.6) is 0 Å². The Kier molecular flexibility index (Phi) is 4.71. The summed E-state index contributed by atoms with van der Waals surface area (Å²) in [6.45, 7) is 0.884. The van der Waals surface area contributed by atoms with E-state index in [1.807, 2.05) is 0 Å². The Bertz CT molecular complexity index is 463. The van der Waals surface area contributed by atoms with Gasteiger partial charge in [-0.2, -0.15) is 0 Å². The number of nitrogens with two attached hydrogens (primary N) is 1. The van der Waals surface area contributed by atoms with E-state index in [9.17, 15) is 4.39 Å². The molecule has 5 heteroatoms. The van der Waals surface area contributed by atoms with Gasteiger partial charge in [-0.05, 0) is 43.9 Å². The molecule has 1 aromatic carbocycles. The molecule has 0 unspecified atom stereocenters. The molecule has 0 atom stereocenters. The molecule has 19 heavy (non-hydrogen) atoms. The number of aliphatic hydroxyl groups excluding tert-OH is 1. The van der Waals surface area contributed by atoms with Gasteiger partial charge in [0.25, 0.3) is 0 Å². The number of nitrogens with zero attached hydrogens (tertiary/aromatic N) is 1. The molecule has 3 nitrogen and oxygen atoms in total. The minimum atomic E-state index is -0.331. The lowest BCUT2D eigenvalue weighted by atomic mass is 9.90. The molecule has 1 aliphatic carbocycles. The molecule has 1 aromatic rings. The van der Waals surface area contributed by atoms with E-state index in [-0.39, 0.29) is 17.4 Å². The van der Waals surface area contributed by atoms with Crippen LogP contribution in [-0.2, 0) is 0 Å². The Balaban J connectivity index is 2.31. The van der Waals surface area contributed by atoms with E-state index in [1.165, 1.54) is 18.6 Å². The van der Waals surface area contributed by atoms with Crippen molar-refractivity contribution < 1.29 is 9.50 Å². The zero-order valence-electron chi connectivity index (χ0n) is 10.8. The quantitative estimate of drug-likeness (QED) is 0.785. The average Bonchev–Trinajstić information content (AvgIpc) is 2.32. The molecule has 104 valence electrons. The van der Waals surface area contributed by atoms with E-state index in [0.717, 1.165) is 25.1 Å². The van der Waals surface area contributed by atoms with Crippen molar-refractivity contribution >= 4 is 22.9 Å². The maximum Gasteiger partial charge on any atom is 0.124 e. The summed E-state index contributed by atoms with van der Waals surface area (Å²) in [6, 6.07) is 5.01. The van der Waals surface area contributed by atoms with E-state index >= 15 is 0 Å². The fourth-order valence-corrected chi connectivity index (χ4v) is 2.56. The lowest BCUT2D eigenvalue weighted by molar-refractivity contribution is 0.283. The molecule has 0 amide bonds. The first-order valence-corrected chi connectivity index (χ1v) is 7.01. The molecule has 1 aliphatic rings. The van der Waals surface area contributed by atoms with Gasteiger partial charge >= 0.3 is 0 Å². The summed E-state index contributed by atoms with van der Waals surface area (Å²) in [5.74, 6) is -0.331. The fraction of sp³-hybridized carbons (Fsp3) is 0.500. The number of aliphatic hydroxyl groups is 1. The van der Waals surface area contributed by atoms with Crippen LogP contribution in [0.3, 0.4) is 0 Å². The van der Waals surface area contributed by atoms with Gasteiger partial charge in [0, 0.05) is 30.4 Å². The standard InChI is InChI=1S/C14H19FN2OS/c15-10-5-6-13(12(9-10)14(16)19)17(7-2-8-18)11-3-1-4-11/h5-6,9,11,18H,1-4,7-8H2,(H2,16,19). The van der Waals surface area contributed by atoms with Crippen LogP contribution in [0.4, 0.5) is 10.1 Å². The third kappa shape index (κ3) is 3.22. The molecule has 3 N–H and O–H groups in total. The van der Waals surface area contributed by atoms with Gasteiger partial charge in [0.15, 0.2) is 0 Å². The summed E-state index contributed by atoms with van der Waals surface area (Å²) < 4.78 is 13.3. The molecule has 0 heterocycles. The zero-order valence-corrected chi connectivity index (χ0v) is 11.6. The van der Waals surface area contributed by atoms with Crippen LogP contribution in [0.1, 0.15) is 31.2 Å². The smallest absolute Gasteiger partial charge is 0.124 e. The second-order valence-corrected chi connectivity index (χ2v) is 5.32. The summed E-state index contributed by atoms with van der Waals surface area (Å²) in [4.78, 5) is 2.41. The molecule has 1 fully saturated rings. The third-order valence-corrected chi connectivity index (χ3v) is 3.83. The molecular weight excluding hydrogens is 263 g/mol. The molecule has 0 aliphatic heterocycles. The van der Waals surface area contributed by atoms with Gasteiger partial charge in [-0.1, -0.05) is 12.2 Å². The summed E-state index contributed by atoms with van der Waals surface area (Å²) in [5, 5.41) is 9.02. The van der Waals surface area contributed by atoms with Crippen molar-refractivity contribution in [1.82, 2.24) is 0 Å². The van der Waals surface area contributed by atoms with Crippen molar-refractivity contribution in [3.05, 3.63) is 29.6 Å². The van der Waals surface area contributed by atoms with Crippen LogP contribution in [0.2, 0.25) is 0 Å². The predicted octanol–water partition coefficient (Wildman–Crippen LogP) is 2.20. The first-order chi connectivity index (χ1) is 9.13. The second-order valence-electron chi connectivity index (χ2n) is 4.88. The lowest BCUT2D eigenvalue weighted by Gasteiger charge is -2.40. The monoisotopic (exact) mass is 282 g/mol. The number of hydrogen-bond donors (Lipinski definition) is 2.